The van der Waals surface area contributed by atoms with Gasteiger partial charge in [-0.15, -0.1) is 0 Å². The molecule has 0 saturated carbocycles. The van der Waals surface area contributed by atoms with Crippen molar-refractivity contribution in [3.8, 4) is 0 Å². The molecule has 1 aromatic carbocycles. The second kappa shape index (κ2) is 6.39. The second-order valence-electron chi connectivity index (χ2n) is 7.32. The van der Waals surface area contributed by atoms with E-state index in [9.17, 15) is 14.4 Å². The molecule has 2 unspecified atom stereocenters. The van der Waals surface area contributed by atoms with Gasteiger partial charge in [0.15, 0.2) is 0 Å². The van der Waals surface area contributed by atoms with E-state index in [0.29, 0.717) is 13.0 Å². The molecule has 2 aliphatic heterocycles. The van der Waals surface area contributed by atoms with Crippen molar-refractivity contribution in [3.05, 3.63) is 35.4 Å². The molecule has 1 aromatic rings. The van der Waals surface area contributed by atoms with Gasteiger partial charge in [-0.3, -0.25) is 14.5 Å². The Kier molecular flexibility index (Phi) is 4.19. The number of rotatable bonds is 4. The molecular formula is C19H24N4O3. The van der Waals surface area contributed by atoms with Crippen molar-refractivity contribution in [1.82, 2.24) is 20.4 Å². The summed E-state index contributed by atoms with van der Waals surface area (Å²) >= 11 is 0. The summed E-state index contributed by atoms with van der Waals surface area (Å²) in [5.74, 6) is -0.459. The number of nitrogens with zero attached hydrogens (tertiary/aromatic N) is 2. The average Bonchev–Trinajstić information content (AvgIpc) is 3.30. The van der Waals surface area contributed by atoms with Gasteiger partial charge < -0.3 is 15.5 Å². The molecule has 0 aromatic heterocycles. The standard InChI is InChI=1S/C19H24N4O3/c1-20-11-14-6-4-10-22(14)16(24)12-23-17(25)19(21-18(23)26)9-8-13-5-2-3-7-15(13)19/h2-3,5,7,14,20H,4,6,8-12H2,1H3,(H,21,26). The van der Waals surface area contributed by atoms with Crippen LogP contribution >= 0.6 is 0 Å². The average molecular weight is 356 g/mol. The minimum atomic E-state index is -0.997. The first-order valence-corrected chi connectivity index (χ1v) is 9.23. The summed E-state index contributed by atoms with van der Waals surface area (Å²) in [5.41, 5.74) is 0.953. The highest BCUT2D eigenvalue weighted by molar-refractivity contribution is 6.09. The van der Waals surface area contributed by atoms with Gasteiger partial charge in [-0.2, -0.15) is 0 Å². The summed E-state index contributed by atoms with van der Waals surface area (Å²) in [6.45, 7) is 1.22. The molecule has 26 heavy (non-hydrogen) atoms. The van der Waals surface area contributed by atoms with Gasteiger partial charge in [0.25, 0.3) is 5.91 Å². The molecule has 1 spiro atoms. The highest BCUT2D eigenvalue weighted by atomic mass is 16.2. The fourth-order valence-corrected chi connectivity index (χ4v) is 4.57. The largest absolute Gasteiger partial charge is 0.337 e. The predicted molar refractivity (Wildman–Crippen MR) is 95.3 cm³/mol. The van der Waals surface area contributed by atoms with Crippen molar-refractivity contribution >= 4 is 17.8 Å². The first-order chi connectivity index (χ1) is 12.6. The number of carbonyl (C=O) groups excluding carboxylic acids is 3. The predicted octanol–water partition coefficient (Wildman–Crippen LogP) is 0.590. The molecule has 2 atom stereocenters. The monoisotopic (exact) mass is 356 g/mol. The minimum absolute atomic E-state index is 0.134. The molecular weight excluding hydrogens is 332 g/mol. The molecule has 2 heterocycles. The molecule has 3 aliphatic rings. The number of likely N-dealkylation sites (N-methyl/N-ethyl adjacent to an activating group) is 1. The van der Waals surface area contributed by atoms with Crippen LogP contribution in [0.1, 0.15) is 30.4 Å². The number of likely N-dealkylation sites (tertiary alicyclic amines) is 1. The fraction of sp³-hybridized carbons (Fsp3) is 0.526. The van der Waals surface area contributed by atoms with Gasteiger partial charge in [0, 0.05) is 19.1 Å². The van der Waals surface area contributed by atoms with Crippen molar-refractivity contribution in [2.24, 2.45) is 0 Å². The molecule has 0 radical (unpaired) electrons. The zero-order valence-corrected chi connectivity index (χ0v) is 15.0. The van der Waals surface area contributed by atoms with E-state index >= 15 is 0 Å². The smallest absolute Gasteiger partial charge is 0.325 e. The second-order valence-corrected chi connectivity index (χ2v) is 7.32. The van der Waals surface area contributed by atoms with Gasteiger partial charge in [0.05, 0.1) is 0 Å². The molecule has 4 amide bonds. The van der Waals surface area contributed by atoms with Crippen LogP contribution in [0.2, 0.25) is 0 Å². The van der Waals surface area contributed by atoms with Crippen molar-refractivity contribution in [2.75, 3.05) is 26.7 Å². The summed E-state index contributed by atoms with van der Waals surface area (Å²) in [7, 11) is 1.86. The zero-order chi connectivity index (χ0) is 18.3. The Balaban J connectivity index is 1.53. The zero-order valence-electron chi connectivity index (χ0n) is 15.0. The van der Waals surface area contributed by atoms with E-state index in [1.807, 2.05) is 31.3 Å². The lowest BCUT2D eigenvalue weighted by Crippen LogP contribution is -2.47. The van der Waals surface area contributed by atoms with Crippen LogP contribution in [0.3, 0.4) is 0 Å². The summed E-state index contributed by atoms with van der Waals surface area (Å²) in [5, 5.41) is 5.97. The van der Waals surface area contributed by atoms with Crippen LogP contribution in [0.15, 0.2) is 24.3 Å². The maximum absolute atomic E-state index is 13.1. The highest BCUT2D eigenvalue weighted by Crippen LogP contribution is 2.41. The third-order valence-electron chi connectivity index (χ3n) is 5.85. The van der Waals surface area contributed by atoms with E-state index in [1.165, 1.54) is 0 Å². The van der Waals surface area contributed by atoms with Crippen LogP contribution in [-0.4, -0.2) is 60.4 Å². The van der Waals surface area contributed by atoms with E-state index in [4.69, 9.17) is 0 Å². The third kappa shape index (κ3) is 2.49. The number of carbonyl (C=O) groups is 3. The fourth-order valence-electron chi connectivity index (χ4n) is 4.57. The highest BCUT2D eigenvalue weighted by Gasteiger charge is 2.55. The number of amides is 4. The molecule has 2 N–H and O–H groups in total. The number of aryl methyl sites for hydroxylation is 1. The van der Waals surface area contributed by atoms with E-state index in [0.717, 1.165) is 41.8 Å². The normalized spacial score (nSPS) is 27.3. The van der Waals surface area contributed by atoms with Gasteiger partial charge in [0.2, 0.25) is 5.91 Å². The maximum atomic E-state index is 13.1. The lowest BCUT2D eigenvalue weighted by atomic mass is 9.92. The number of benzene rings is 1. The maximum Gasteiger partial charge on any atom is 0.325 e. The number of urea groups is 1. The van der Waals surface area contributed by atoms with Crippen LogP contribution in [-0.2, 0) is 21.5 Å². The van der Waals surface area contributed by atoms with Gasteiger partial charge in [-0.1, -0.05) is 24.3 Å². The van der Waals surface area contributed by atoms with E-state index < -0.39 is 11.6 Å². The Morgan fingerprint density at radius 1 is 1.35 bits per heavy atom. The van der Waals surface area contributed by atoms with Crippen molar-refractivity contribution < 1.29 is 14.4 Å². The Hall–Kier alpha value is -2.41. The van der Waals surface area contributed by atoms with Gasteiger partial charge in [-0.25, -0.2) is 4.79 Å². The first kappa shape index (κ1) is 17.0. The Labute approximate surface area is 152 Å². The molecule has 2 saturated heterocycles. The van der Waals surface area contributed by atoms with Crippen molar-refractivity contribution in [1.29, 1.82) is 0 Å². The van der Waals surface area contributed by atoms with Crippen LogP contribution in [0.25, 0.3) is 0 Å². The summed E-state index contributed by atoms with van der Waals surface area (Å²) < 4.78 is 0. The molecule has 7 heteroatoms. The summed E-state index contributed by atoms with van der Waals surface area (Å²) in [4.78, 5) is 41.3. The SMILES string of the molecule is CNCC1CCCN1C(=O)CN1C(=O)NC2(CCc3ccccc32)C1=O. The number of fused-ring (bicyclic) bond motifs is 2. The Morgan fingerprint density at radius 3 is 2.96 bits per heavy atom. The van der Waals surface area contributed by atoms with Crippen LogP contribution in [0.4, 0.5) is 4.79 Å². The molecule has 7 nitrogen and oxygen atoms in total. The van der Waals surface area contributed by atoms with Gasteiger partial charge >= 0.3 is 6.03 Å². The third-order valence-corrected chi connectivity index (χ3v) is 5.85. The topological polar surface area (TPSA) is 81.8 Å². The van der Waals surface area contributed by atoms with Gasteiger partial charge in [0.1, 0.15) is 12.1 Å². The Bertz CT molecular complexity index is 765. The quantitative estimate of drug-likeness (QED) is 0.774. The van der Waals surface area contributed by atoms with Crippen LogP contribution in [0.5, 0.6) is 0 Å². The van der Waals surface area contributed by atoms with E-state index in [2.05, 4.69) is 10.6 Å². The van der Waals surface area contributed by atoms with Crippen molar-refractivity contribution in [3.63, 3.8) is 0 Å². The van der Waals surface area contributed by atoms with E-state index in [-0.39, 0.29) is 24.4 Å². The van der Waals surface area contributed by atoms with Gasteiger partial charge in [-0.05, 0) is 43.9 Å². The lowest BCUT2D eigenvalue weighted by molar-refractivity contribution is -0.139. The molecule has 0 bridgehead atoms. The Morgan fingerprint density at radius 2 is 2.15 bits per heavy atom. The summed E-state index contributed by atoms with van der Waals surface area (Å²) in [6, 6.07) is 7.37. The first-order valence-electron chi connectivity index (χ1n) is 9.23. The van der Waals surface area contributed by atoms with Crippen molar-refractivity contribution in [2.45, 2.75) is 37.3 Å². The number of imide groups is 1. The van der Waals surface area contributed by atoms with Crippen LogP contribution in [0, 0.1) is 0 Å². The number of hydrogen-bond donors (Lipinski definition) is 2. The molecule has 138 valence electrons. The number of hydrogen-bond acceptors (Lipinski definition) is 4. The minimum Gasteiger partial charge on any atom is -0.337 e. The molecule has 4 rings (SSSR count). The lowest BCUT2D eigenvalue weighted by Gasteiger charge is -2.26. The molecule has 2 fully saturated rings. The summed E-state index contributed by atoms with van der Waals surface area (Å²) in [6.07, 6.45) is 3.20. The van der Waals surface area contributed by atoms with Crippen LogP contribution < -0.4 is 10.6 Å². The number of nitrogens with one attached hydrogen (secondary N) is 2. The molecule has 1 aliphatic carbocycles. The van der Waals surface area contributed by atoms with E-state index in [1.54, 1.807) is 4.90 Å².